The van der Waals surface area contributed by atoms with Crippen LogP contribution >= 0.6 is 138 Å². The van der Waals surface area contributed by atoms with Crippen LogP contribution < -0.4 is 52.4 Å². The third-order valence-corrected chi connectivity index (χ3v) is 29.6. The van der Waals surface area contributed by atoms with E-state index >= 15 is 0 Å². The van der Waals surface area contributed by atoms with Gasteiger partial charge in [-0.1, -0.05) is 0 Å². The molecule has 10 aromatic rings. The van der Waals surface area contributed by atoms with E-state index in [2.05, 4.69) is 129 Å². The van der Waals surface area contributed by atoms with Crippen LogP contribution in [0.1, 0.15) is 89.8 Å². The van der Waals surface area contributed by atoms with E-state index in [-0.39, 0.29) is 165 Å². The van der Waals surface area contributed by atoms with E-state index in [9.17, 15) is 101 Å². The molecular formula is C89H76Br5F5N20O21S5. The normalized spacial score (nSPS) is 17.2. The van der Waals surface area contributed by atoms with E-state index in [1.807, 2.05) is 0 Å². The predicted octanol–water partition coefficient (Wildman–Crippen LogP) is 15.5. The number of aromatic hydroxyl groups is 5. The molecule has 5 aliphatic heterocycles. The first-order valence-electron chi connectivity index (χ1n) is 41.7. The summed E-state index contributed by atoms with van der Waals surface area (Å²) in [5.41, 5.74) is 31.2. The lowest BCUT2D eigenvalue weighted by atomic mass is 10.0. The third kappa shape index (κ3) is 26.7. The van der Waals surface area contributed by atoms with Gasteiger partial charge in [0.1, 0.15) is 24.9 Å². The molecule has 3 unspecified atom stereocenters. The highest BCUT2D eigenvalue weighted by molar-refractivity contribution is 9.11. The number of anilines is 5. The van der Waals surface area contributed by atoms with Crippen LogP contribution in [0.2, 0.25) is 0 Å². The van der Waals surface area contributed by atoms with Crippen molar-refractivity contribution >= 4 is 254 Å². The maximum atomic E-state index is 14.6. The molecule has 0 spiro atoms. The van der Waals surface area contributed by atoms with Crippen LogP contribution in [0.5, 0.6) is 57.5 Å². The highest BCUT2D eigenvalue weighted by Crippen LogP contribution is 2.51. The van der Waals surface area contributed by atoms with Crippen LogP contribution in [0.25, 0.3) is 30.4 Å². The van der Waals surface area contributed by atoms with Gasteiger partial charge in [-0.3, -0.25) is 72.4 Å². The molecule has 0 bridgehead atoms. The van der Waals surface area contributed by atoms with E-state index in [1.54, 1.807) is 44.1 Å². The van der Waals surface area contributed by atoms with E-state index in [0.29, 0.717) is 47.5 Å². The molecule has 145 heavy (non-hydrogen) atoms. The highest BCUT2D eigenvalue weighted by atomic mass is 79.9. The van der Waals surface area contributed by atoms with Crippen molar-refractivity contribution in [2.45, 2.75) is 69.7 Å². The number of phenolic OH excluding ortho intramolecular Hbond substituents is 5. The fourth-order valence-corrected chi connectivity index (χ4v) is 18.8. The Hall–Kier alpha value is -13.3. The Morgan fingerprint density at radius 2 is 0.655 bits per heavy atom. The van der Waals surface area contributed by atoms with Crippen molar-refractivity contribution in [2.24, 2.45) is 0 Å². The number of carbonyl (C=O) groups excluding carboxylic acids is 10. The topological polar surface area (TPSA) is 613 Å². The number of imide groups is 5. The molecule has 1 aliphatic carbocycles. The molecule has 41 nitrogen and oxygen atoms in total. The molecule has 3 atom stereocenters. The number of nitrogens with two attached hydrogens (primary N) is 5. The van der Waals surface area contributed by atoms with Crippen LogP contribution in [-0.4, -0.2) is 228 Å². The number of likely N-dealkylation sites (N-methyl/N-ethyl adjacent to an activating group) is 5. The molecular weight excluding hydrogens is 2340 g/mol. The minimum absolute atomic E-state index is 0.0223. The first-order chi connectivity index (χ1) is 68.8. The van der Waals surface area contributed by atoms with Crippen molar-refractivity contribution in [1.82, 2.24) is 74.3 Å². The average Bonchev–Trinajstić information content (AvgIpc) is 1.62. The van der Waals surface area contributed by atoms with Crippen molar-refractivity contribution in [1.29, 1.82) is 0 Å². The second-order valence-corrected chi connectivity index (χ2v) is 40.0. The van der Waals surface area contributed by atoms with Crippen molar-refractivity contribution in [2.75, 3.05) is 83.7 Å². The zero-order valence-corrected chi connectivity index (χ0v) is 87.6. The van der Waals surface area contributed by atoms with E-state index in [0.717, 1.165) is 89.3 Å². The molecule has 56 heteroatoms. The van der Waals surface area contributed by atoms with Gasteiger partial charge < -0.3 is 83.0 Å². The number of hydrogen-bond acceptors (Lipinski definition) is 41. The highest BCUT2D eigenvalue weighted by Gasteiger charge is 2.47. The van der Waals surface area contributed by atoms with Crippen molar-refractivity contribution in [3.05, 3.63) is 224 Å². The van der Waals surface area contributed by atoms with Crippen LogP contribution in [0, 0.1) is 29.1 Å². The largest absolute Gasteiger partial charge is 0.502 e. The number of aliphatic hydroxyl groups excluding tert-OH is 1. The second kappa shape index (κ2) is 47.7. The maximum absolute atomic E-state index is 14.6. The Bertz CT molecular complexity index is 7090. The Kier molecular flexibility index (Phi) is 35.8. The van der Waals surface area contributed by atoms with Crippen molar-refractivity contribution in [3.63, 3.8) is 0 Å². The number of phenols is 5. The van der Waals surface area contributed by atoms with Gasteiger partial charge in [-0.2, -0.15) is 0 Å². The lowest BCUT2D eigenvalue weighted by Gasteiger charge is -2.18. The minimum Gasteiger partial charge on any atom is -0.502 e. The number of halogens is 10. The number of nitrogen functional groups attached to an aromatic ring is 5. The molecule has 16 rings (SSSR count). The van der Waals surface area contributed by atoms with Gasteiger partial charge in [0.15, 0.2) is 86.6 Å². The number of rotatable bonds is 25. The zero-order valence-electron chi connectivity index (χ0n) is 76.6. The van der Waals surface area contributed by atoms with Gasteiger partial charge in [-0.15, -0.1) is 0 Å². The number of aromatic nitrogens is 10. The number of benzene rings is 5. The van der Waals surface area contributed by atoms with Crippen LogP contribution in [0.4, 0.5) is 75.7 Å². The van der Waals surface area contributed by atoms with Gasteiger partial charge in [-0.25, -0.2) is 71.8 Å². The summed E-state index contributed by atoms with van der Waals surface area (Å²) in [5.74, 6) is -11.1. The standard InChI is InChI=1S/C19H16BrFN4O4S.2C18H16BrFN4O4S.C17H14BrFN4O5S.C17H14BrFN4O4S/c1-25-16(27)12(30-18(25)28)5-9-4-11(15(26)14(21)13(9)20)29-8-19(2-3-19)10-6-23-17(22)24-7-10;2*1-8(3-9-6-22-17(21)23-7-9)28-11-4-10(13(19)14(20)15(11)25)5-12-16(26)24(2)18(27)29-12;1-23-15(26)11(29-17(23)27)3-7-2-10(14(25)13(19)12(7)18)28-6-9(24)8-4-21-16(20)22-5-8;1-23-15(25)11(28-17(23)26)5-9-4-10(14(24)13(19)12(9)18)27-3-2-8-6-21-16(20)22-7-8/h4-7,26H,2-3,8H2,1H3,(H2,22,23,24);2*4-8,25H,3H2,1-2H3,(H2,21,22,23);2-5,9,24-25H,6H2,1H3,(H2,20,21,22);4-7,24H,2-3H2,1H3,(H2,20,21,22)/b3*12-5-;11-3-;11-5-/i;8D;;;. The summed E-state index contributed by atoms with van der Waals surface area (Å²) in [6.07, 6.45) is 20.9. The quantitative estimate of drug-likeness (QED) is 0.0187. The molecule has 758 valence electrons. The molecule has 6 aliphatic rings. The van der Waals surface area contributed by atoms with E-state index in [1.165, 1.54) is 128 Å². The summed E-state index contributed by atoms with van der Waals surface area (Å²) >= 11 is 18.9. The fourth-order valence-electron chi connectivity index (χ4n) is 12.6. The summed E-state index contributed by atoms with van der Waals surface area (Å²) in [5, 5.41) is 58.5. The van der Waals surface area contributed by atoms with E-state index in [4.69, 9.17) is 53.7 Å². The average molecular weight is 2420 g/mol. The number of ether oxygens (including phenoxy) is 5. The lowest BCUT2D eigenvalue weighted by Crippen LogP contribution is -2.22. The number of carbonyl (C=O) groups is 10. The van der Waals surface area contributed by atoms with Gasteiger partial charge in [0.05, 0.1) is 61.5 Å². The molecule has 5 saturated heterocycles. The number of aliphatic hydroxyl groups is 1. The fraction of sp³-hybridized carbons (Fsp3) is 0.213. The van der Waals surface area contributed by atoms with Crippen molar-refractivity contribution < 1.29 is 126 Å². The molecule has 10 amide bonds. The van der Waals surface area contributed by atoms with Gasteiger partial charge in [0, 0.05) is 127 Å². The first-order valence-corrected chi connectivity index (χ1v) is 49.3. The Labute approximate surface area is 882 Å². The predicted molar refractivity (Wildman–Crippen MR) is 543 cm³/mol. The molecule has 1 saturated carbocycles. The SMILES string of the molecule is CC(Cc1cnc(N)nc1)Oc1cc(/C=C2\SC(=O)N(C)C2=O)c(Br)c(F)c1O.CN1C(=O)S/C(=C\c2cc(OCC(O)c3cnc(N)nc3)c(O)c(F)c2Br)C1=O.CN1C(=O)S/C(=C\c2cc(OCC3(c4cnc(N)nc4)CC3)c(O)c(F)c2Br)C1=O.CN1C(=O)S/C(=C\c2cc(OCCc3cnc(N)nc3)c(O)c(F)c2Br)C1=O.[2H]C(C)(Cc1cnc(N)nc1)Oc1cc(/C=C2\SC(=O)N(C)C2=O)c(Br)c(F)c1O. The molecule has 6 fully saturated rings. The third-order valence-electron chi connectivity index (χ3n) is 20.8. The van der Waals surface area contributed by atoms with Gasteiger partial charge in [0.2, 0.25) is 29.7 Å². The Morgan fingerprint density at radius 1 is 0.393 bits per heavy atom. The number of amides is 10. The molecule has 10 heterocycles. The number of hydrogen-bond donors (Lipinski definition) is 11. The van der Waals surface area contributed by atoms with E-state index < -0.39 is 132 Å². The summed E-state index contributed by atoms with van der Waals surface area (Å²) in [6.45, 7) is 3.11. The summed E-state index contributed by atoms with van der Waals surface area (Å²) in [7, 11) is 6.77. The van der Waals surface area contributed by atoms with Gasteiger partial charge >= 0.3 is 0 Å². The number of nitrogens with zero attached hydrogens (tertiary/aromatic N) is 15. The molecule has 16 N–H and O–H groups in total. The van der Waals surface area contributed by atoms with Gasteiger partial charge in [0.25, 0.3) is 55.7 Å². The van der Waals surface area contributed by atoms with Crippen LogP contribution in [-0.2, 0) is 48.7 Å². The van der Waals surface area contributed by atoms with Gasteiger partial charge in [-0.05, 0) is 276 Å². The monoisotopic (exact) mass is 2410 g/mol. The molecule has 5 aromatic heterocycles. The van der Waals surface area contributed by atoms with Crippen molar-refractivity contribution in [3.8, 4) is 57.5 Å². The summed E-state index contributed by atoms with van der Waals surface area (Å²) < 4.78 is 108. The summed E-state index contributed by atoms with van der Waals surface area (Å²) in [4.78, 5) is 163. The zero-order chi connectivity index (χ0) is 107. The Morgan fingerprint density at radius 3 is 0.959 bits per heavy atom. The first kappa shape index (κ1) is 109. The Balaban J connectivity index is 0.000000162. The summed E-state index contributed by atoms with van der Waals surface area (Å²) in [6, 6.07) is 6.74. The molecule has 5 aromatic carbocycles. The minimum atomic E-state index is -1.62. The maximum Gasteiger partial charge on any atom is 0.293 e. The second-order valence-electron chi connectivity index (χ2n) is 31.1. The van der Waals surface area contributed by atoms with Crippen LogP contribution in [0.15, 0.2) is 139 Å². The lowest BCUT2D eigenvalue weighted by molar-refractivity contribution is -0.122. The smallest absolute Gasteiger partial charge is 0.293 e. The molecule has 0 radical (unpaired) electrons. The van der Waals surface area contributed by atoms with Crippen LogP contribution in [0.3, 0.4) is 0 Å². The number of thioether (sulfide) groups is 5.